The van der Waals surface area contributed by atoms with E-state index in [1.165, 1.54) is 0 Å². The van der Waals surface area contributed by atoms with Crippen molar-refractivity contribution in [3.8, 4) is 5.75 Å². The van der Waals surface area contributed by atoms with Gasteiger partial charge in [-0.05, 0) is 63.9 Å². The lowest BCUT2D eigenvalue weighted by Crippen LogP contribution is -2.26. The molecule has 0 aliphatic rings. The van der Waals surface area contributed by atoms with Crippen LogP contribution in [0, 0.1) is 13.8 Å². The Morgan fingerprint density at radius 1 is 1.00 bits per heavy atom. The molecule has 5 heteroatoms. The first-order valence-electron chi connectivity index (χ1n) is 7.92. The van der Waals surface area contributed by atoms with E-state index in [4.69, 9.17) is 4.74 Å². The van der Waals surface area contributed by atoms with Crippen molar-refractivity contribution in [2.24, 2.45) is 0 Å². The Morgan fingerprint density at radius 2 is 1.67 bits per heavy atom. The highest BCUT2D eigenvalue weighted by atomic mass is 32.2. The molecule has 0 radical (unpaired) electrons. The lowest BCUT2D eigenvalue weighted by Gasteiger charge is -2.23. The smallest absolute Gasteiger partial charge is 0.240 e. The third-order valence-electron chi connectivity index (χ3n) is 3.63. The quantitative estimate of drug-likeness (QED) is 0.891. The lowest BCUT2D eigenvalue weighted by molar-refractivity contribution is 0.129. The SMILES string of the molecule is Cc1ccc(S(=O)(=O)NCc2ccccc2OC(C)(C)C)cc1C. The zero-order valence-electron chi connectivity index (χ0n) is 14.9. The Balaban J connectivity index is 2.19. The van der Waals surface area contributed by atoms with E-state index < -0.39 is 10.0 Å². The number of hydrogen-bond donors (Lipinski definition) is 1. The predicted octanol–water partition coefficient (Wildman–Crippen LogP) is 3.96. The summed E-state index contributed by atoms with van der Waals surface area (Å²) in [6, 6.07) is 12.6. The maximum atomic E-state index is 12.5. The van der Waals surface area contributed by atoms with Crippen LogP contribution in [0.2, 0.25) is 0 Å². The summed E-state index contributed by atoms with van der Waals surface area (Å²) in [6.07, 6.45) is 0. The summed E-state index contributed by atoms with van der Waals surface area (Å²) in [7, 11) is -3.56. The molecule has 0 fully saturated rings. The van der Waals surface area contributed by atoms with E-state index in [0.717, 1.165) is 16.7 Å². The topological polar surface area (TPSA) is 55.4 Å². The van der Waals surface area contributed by atoms with Gasteiger partial charge in [0.25, 0.3) is 0 Å². The summed E-state index contributed by atoms with van der Waals surface area (Å²) in [5.74, 6) is 0.688. The molecule has 24 heavy (non-hydrogen) atoms. The maximum absolute atomic E-state index is 12.5. The van der Waals surface area contributed by atoms with E-state index in [0.29, 0.717) is 5.75 Å². The molecular weight excluding hydrogens is 322 g/mol. The van der Waals surface area contributed by atoms with Crippen LogP contribution in [0.15, 0.2) is 47.4 Å². The summed E-state index contributed by atoms with van der Waals surface area (Å²) in [5, 5.41) is 0. The Kier molecular flexibility index (Phi) is 5.35. The molecule has 2 aromatic rings. The van der Waals surface area contributed by atoms with Crippen molar-refractivity contribution < 1.29 is 13.2 Å². The number of rotatable bonds is 5. The van der Waals surface area contributed by atoms with Crippen molar-refractivity contribution in [2.75, 3.05) is 0 Å². The second kappa shape index (κ2) is 6.95. The zero-order valence-corrected chi connectivity index (χ0v) is 15.7. The number of hydrogen-bond acceptors (Lipinski definition) is 3. The molecule has 130 valence electrons. The van der Waals surface area contributed by atoms with Gasteiger partial charge in [0.15, 0.2) is 0 Å². The fraction of sp³-hybridized carbons (Fsp3) is 0.368. The van der Waals surface area contributed by atoms with E-state index >= 15 is 0 Å². The van der Waals surface area contributed by atoms with Crippen molar-refractivity contribution in [1.82, 2.24) is 4.72 Å². The third-order valence-corrected chi connectivity index (χ3v) is 5.03. The number of sulfonamides is 1. The van der Waals surface area contributed by atoms with E-state index in [-0.39, 0.29) is 17.0 Å². The van der Waals surface area contributed by atoms with Gasteiger partial charge in [-0.25, -0.2) is 13.1 Å². The fourth-order valence-corrected chi connectivity index (χ4v) is 3.31. The minimum Gasteiger partial charge on any atom is -0.488 e. The van der Waals surface area contributed by atoms with Crippen molar-refractivity contribution >= 4 is 10.0 Å². The summed E-state index contributed by atoms with van der Waals surface area (Å²) < 4.78 is 33.6. The molecule has 0 bridgehead atoms. The summed E-state index contributed by atoms with van der Waals surface area (Å²) >= 11 is 0. The van der Waals surface area contributed by atoms with Crippen molar-refractivity contribution in [1.29, 1.82) is 0 Å². The molecule has 0 saturated heterocycles. The second-order valence-electron chi connectivity index (χ2n) is 6.89. The highest BCUT2D eigenvalue weighted by molar-refractivity contribution is 7.89. The van der Waals surface area contributed by atoms with Crippen LogP contribution in [0.3, 0.4) is 0 Å². The number of nitrogens with one attached hydrogen (secondary N) is 1. The number of ether oxygens (including phenoxy) is 1. The van der Waals surface area contributed by atoms with Gasteiger partial charge < -0.3 is 4.74 Å². The first-order valence-corrected chi connectivity index (χ1v) is 9.41. The molecule has 2 rings (SSSR count). The Labute approximate surface area is 144 Å². The molecule has 0 saturated carbocycles. The van der Waals surface area contributed by atoms with E-state index in [9.17, 15) is 8.42 Å². The Hall–Kier alpha value is -1.85. The van der Waals surface area contributed by atoms with E-state index in [2.05, 4.69) is 4.72 Å². The van der Waals surface area contributed by atoms with Gasteiger partial charge in [0.2, 0.25) is 10.0 Å². The molecule has 0 heterocycles. The minimum atomic E-state index is -3.56. The largest absolute Gasteiger partial charge is 0.488 e. The van der Waals surface area contributed by atoms with Crippen LogP contribution in [0.25, 0.3) is 0 Å². The van der Waals surface area contributed by atoms with Crippen LogP contribution in [-0.4, -0.2) is 14.0 Å². The summed E-state index contributed by atoms with van der Waals surface area (Å²) in [4.78, 5) is 0.278. The van der Waals surface area contributed by atoms with Crippen molar-refractivity contribution in [3.05, 3.63) is 59.2 Å². The predicted molar refractivity (Wildman–Crippen MR) is 96.8 cm³/mol. The van der Waals surface area contributed by atoms with E-state index in [1.807, 2.05) is 65.0 Å². The van der Waals surface area contributed by atoms with Gasteiger partial charge in [0.1, 0.15) is 11.4 Å². The molecule has 1 N–H and O–H groups in total. The molecule has 0 atom stereocenters. The maximum Gasteiger partial charge on any atom is 0.240 e. The number of benzene rings is 2. The van der Waals surface area contributed by atoms with E-state index in [1.54, 1.807) is 12.1 Å². The first kappa shape index (κ1) is 18.5. The first-order chi connectivity index (χ1) is 11.1. The second-order valence-corrected chi connectivity index (χ2v) is 8.66. The van der Waals surface area contributed by atoms with Crippen LogP contribution in [0.4, 0.5) is 0 Å². The van der Waals surface area contributed by atoms with Crippen LogP contribution < -0.4 is 9.46 Å². The molecule has 0 aliphatic carbocycles. The van der Waals surface area contributed by atoms with Gasteiger partial charge in [-0.2, -0.15) is 0 Å². The minimum absolute atomic E-state index is 0.182. The van der Waals surface area contributed by atoms with Gasteiger partial charge >= 0.3 is 0 Å². The highest BCUT2D eigenvalue weighted by Gasteiger charge is 2.17. The average molecular weight is 347 g/mol. The highest BCUT2D eigenvalue weighted by Crippen LogP contribution is 2.23. The monoisotopic (exact) mass is 347 g/mol. The summed E-state index contributed by atoms with van der Waals surface area (Å²) in [6.45, 7) is 9.93. The molecule has 0 spiro atoms. The molecule has 0 aliphatic heterocycles. The summed E-state index contributed by atoms with van der Waals surface area (Å²) in [5.41, 5.74) is 2.48. The number of aryl methyl sites for hydroxylation is 2. The third kappa shape index (κ3) is 4.82. The van der Waals surface area contributed by atoms with Crippen LogP contribution in [0.1, 0.15) is 37.5 Å². The molecule has 0 unspecified atom stereocenters. The average Bonchev–Trinajstić information content (AvgIpc) is 2.47. The van der Waals surface area contributed by atoms with Gasteiger partial charge in [-0.15, -0.1) is 0 Å². The van der Waals surface area contributed by atoms with Crippen molar-refractivity contribution in [2.45, 2.75) is 51.7 Å². The van der Waals surface area contributed by atoms with Crippen LogP contribution in [-0.2, 0) is 16.6 Å². The number of para-hydroxylation sites is 1. The zero-order chi connectivity index (χ0) is 18.0. The normalized spacial score (nSPS) is 12.2. The molecule has 0 aromatic heterocycles. The van der Waals surface area contributed by atoms with Gasteiger partial charge in [-0.3, -0.25) is 0 Å². The standard InChI is InChI=1S/C19H25NO3S/c1-14-10-11-17(12-15(14)2)24(21,22)20-13-16-8-6-7-9-18(16)23-19(3,4)5/h6-12,20H,13H2,1-5H3. The van der Waals surface area contributed by atoms with Crippen LogP contribution >= 0.6 is 0 Å². The Bertz CT molecular complexity index is 821. The molecular formula is C19H25NO3S. The molecule has 2 aromatic carbocycles. The van der Waals surface area contributed by atoms with Gasteiger partial charge in [0.05, 0.1) is 4.90 Å². The fourth-order valence-electron chi connectivity index (χ4n) is 2.22. The van der Waals surface area contributed by atoms with Gasteiger partial charge in [0, 0.05) is 12.1 Å². The van der Waals surface area contributed by atoms with Crippen LogP contribution in [0.5, 0.6) is 5.75 Å². The molecule has 0 amide bonds. The van der Waals surface area contributed by atoms with Crippen molar-refractivity contribution in [3.63, 3.8) is 0 Å². The molecule has 4 nitrogen and oxygen atoms in total. The lowest BCUT2D eigenvalue weighted by atomic mass is 10.1. The Morgan fingerprint density at radius 3 is 2.29 bits per heavy atom. The van der Waals surface area contributed by atoms with Gasteiger partial charge in [-0.1, -0.05) is 24.3 Å².